The molecule has 2 aromatic carbocycles. The summed E-state index contributed by atoms with van der Waals surface area (Å²) >= 11 is 0. The molecule has 0 fully saturated rings. The summed E-state index contributed by atoms with van der Waals surface area (Å²) in [6.45, 7) is 1.70. The fraction of sp³-hybridized carbons (Fsp3) is 0.125. The van der Waals surface area contributed by atoms with E-state index in [9.17, 15) is 15.0 Å². The third kappa shape index (κ3) is 4.24. The van der Waals surface area contributed by atoms with E-state index in [0.717, 1.165) is 5.69 Å². The number of carbonyl (C=O) groups excluding carboxylic acids is 1. The molecule has 114 valence electrons. The molecule has 4 N–H and O–H groups in total. The number of nitrogens with one attached hydrogen (secondary N) is 2. The number of carbonyl (C=O) groups is 1. The van der Waals surface area contributed by atoms with Crippen LogP contribution in [0, 0.1) is 0 Å². The Labute approximate surface area is 128 Å². The van der Waals surface area contributed by atoms with Gasteiger partial charge < -0.3 is 15.5 Å². The second kappa shape index (κ2) is 7.12. The molecule has 6 nitrogen and oxygen atoms in total. The van der Waals surface area contributed by atoms with Gasteiger partial charge >= 0.3 is 0 Å². The summed E-state index contributed by atoms with van der Waals surface area (Å²) in [5.41, 5.74) is 3.98. The van der Waals surface area contributed by atoms with Gasteiger partial charge in [0, 0.05) is 11.3 Å². The average molecular weight is 299 g/mol. The molecule has 0 aliphatic rings. The van der Waals surface area contributed by atoms with Crippen LogP contribution >= 0.6 is 0 Å². The predicted octanol–water partition coefficient (Wildman–Crippen LogP) is 2.05. The maximum atomic E-state index is 11.7. The van der Waals surface area contributed by atoms with Crippen molar-refractivity contribution in [3.05, 3.63) is 54.1 Å². The lowest BCUT2D eigenvalue weighted by atomic mass is 10.1. The van der Waals surface area contributed by atoms with Gasteiger partial charge in [0.15, 0.2) is 0 Å². The standard InChI is InChI=1S/C16H17N3O3/c1-11(14-9-13(20)7-8-15(14)21)18-19-16(22)10-17-12-5-3-2-4-6-12/h2-9,17,20-21H,10H2,1H3,(H,19,22)/b18-11+. The van der Waals surface area contributed by atoms with Crippen LogP contribution in [0.25, 0.3) is 0 Å². The highest BCUT2D eigenvalue weighted by molar-refractivity contribution is 6.01. The number of nitrogens with zero attached hydrogens (tertiary/aromatic N) is 1. The Bertz CT molecular complexity index is 684. The normalized spacial score (nSPS) is 11.0. The number of anilines is 1. The van der Waals surface area contributed by atoms with Crippen molar-refractivity contribution in [3.63, 3.8) is 0 Å². The van der Waals surface area contributed by atoms with E-state index in [-0.39, 0.29) is 24.0 Å². The quantitative estimate of drug-likeness (QED) is 0.386. The predicted molar refractivity (Wildman–Crippen MR) is 85.1 cm³/mol. The highest BCUT2D eigenvalue weighted by Crippen LogP contribution is 2.22. The number of rotatable bonds is 5. The zero-order valence-electron chi connectivity index (χ0n) is 12.1. The van der Waals surface area contributed by atoms with Crippen LogP contribution in [0.5, 0.6) is 11.5 Å². The number of aromatic hydroxyl groups is 2. The summed E-state index contributed by atoms with van der Waals surface area (Å²) in [5, 5.41) is 26.0. The lowest BCUT2D eigenvalue weighted by Crippen LogP contribution is -2.26. The first-order valence-electron chi connectivity index (χ1n) is 6.70. The van der Waals surface area contributed by atoms with E-state index in [1.54, 1.807) is 6.92 Å². The minimum Gasteiger partial charge on any atom is -0.508 e. The highest BCUT2D eigenvalue weighted by Gasteiger charge is 2.07. The number of benzene rings is 2. The maximum absolute atomic E-state index is 11.7. The van der Waals surface area contributed by atoms with Crippen molar-refractivity contribution in [2.24, 2.45) is 5.10 Å². The maximum Gasteiger partial charge on any atom is 0.259 e. The van der Waals surface area contributed by atoms with E-state index in [1.807, 2.05) is 30.3 Å². The summed E-state index contributed by atoms with van der Waals surface area (Å²) in [4.78, 5) is 11.7. The number of phenols is 2. The molecule has 2 rings (SSSR count). The fourth-order valence-electron chi connectivity index (χ4n) is 1.80. The molecule has 6 heteroatoms. The van der Waals surface area contributed by atoms with Gasteiger partial charge in [-0.15, -0.1) is 0 Å². The molecule has 0 bridgehead atoms. The molecule has 0 heterocycles. The van der Waals surface area contributed by atoms with Crippen molar-refractivity contribution in [2.45, 2.75) is 6.92 Å². The van der Waals surface area contributed by atoms with E-state index in [2.05, 4.69) is 15.8 Å². The molecule has 0 spiro atoms. The first-order valence-corrected chi connectivity index (χ1v) is 6.70. The highest BCUT2D eigenvalue weighted by atomic mass is 16.3. The molecule has 0 aliphatic heterocycles. The summed E-state index contributed by atoms with van der Waals surface area (Å²) in [5.74, 6) is -0.321. The van der Waals surface area contributed by atoms with Gasteiger partial charge in [0.05, 0.1) is 12.3 Å². The molecule has 22 heavy (non-hydrogen) atoms. The van der Waals surface area contributed by atoms with Crippen LogP contribution in [0.15, 0.2) is 53.6 Å². The number of hydrogen-bond acceptors (Lipinski definition) is 5. The summed E-state index contributed by atoms with van der Waals surface area (Å²) in [7, 11) is 0. The third-order valence-electron chi connectivity index (χ3n) is 2.95. The van der Waals surface area contributed by atoms with E-state index >= 15 is 0 Å². The molecular formula is C16H17N3O3. The van der Waals surface area contributed by atoms with Crippen LogP contribution in [0.2, 0.25) is 0 Å². The molecule has 1 amide bonds. The van der Waals surface area contributed by atoms with Crippen LogP contribution in [0.4, 0.5) is 5.69 Å². The largest absolute Gasteiger partial charge is 0.508 e. The number of para-hydroxylation sites is 1. The van der Waals surface area contributed by atoms with Gasteiger partial charge in [-0.2, -0.15) is 5.10 Å². The van der Waals surface area contributed by atoms with Crippen molar-refractivity contribution >= 4 is 17.3 Å². The van der Waals surface area contributed by atoms with Crippen LogP contribution in [0.3, 0.4) is 0 Å². The molecule has 0 saturated carbocycles. The van der Waals surface area contributed by atoms with Crippen LogP contribution in [0.1, 0.15) is 12.5 Å². The molecule has 0 radical (unpaired) electrons. The van der Waals surface area contributed by atoms with Crippen LogP contribution in [-0.2, 0) is 4.79 Å². The van der Waals surface area contributed by atoms with Gasteiger partial charge in [-0.3, -0.25) is 4.79 Å². The molecule has 0 unspecified atom stereocenters. The van der Waals surface area contributed by atoms with Crippen molar-refractivity contribution in [2.75, 3.05) is 11.9 Å². The Kier molecular flexibility index (Phi) is 4.98. The van der Waals surface area contributed by atoms with Crippen LogP contribution < -0.4 is 10.7 Å². The smallest absolute Gasteiger partial charge is 0.259 e. The van der Waals surface area contributed by atoms with Gasteiger partial charge in [0.25, 0.3) is 5.91 Å². The van der Waals surface area contributed by atoms with E-state index in [0.29, 0.717) is 11.3 Å². The first kappa shape index (κ1) is 15.4. The zero-order chi connectivity index (χ0) is 15.9. The van der Waals surface area contributed by atoms with Gasteiger partial charge in [-0.05, 0) is 37.3 Å². The Hall–Kier alpha value is -3.02. The summed E-state index contributed by atoms with van der Waals surface area (Å²) in [6.07, 6.45) is 0. The zero-order valence-corrected chi connectivity index (χ0v) is 12.1. The van der Waals surface area contributed by atoms with E-state index in [1.165, 1.54) is 18.2 Å². The van der Waals surface area contributed by atoms with Crippen LogP contribution in [-0.4, -0.2) is 28.4 Å². The number of phenolic OH excluding ortho intramolecular Hbond substituents is 2. The molecule has 0 atom stereocenters. The van der Waals surface area contributed by atoms with Gasteiger partial charge in [0.1, 0.15) is 11.5 Å². The SMILES string of the molecule is C/C(=N\NC(=O)CNc1ccccc1)c1cc(O)ccc1O. The monoisotopic (exact) mass is 299 g/mol. The van der Waals surface area contributed by atoms with Gasteiger partial charge in [-0.25, -0.2) is 5.43 Å². The average Bonchev–Trinajstić information content (AvgIpc) is 2.54. The fourth-order valence-corrected chi connectivity index (χ4v) is 1.80. The Balaban J connectivity index is 1.93. The lowest BCUT2D eigenvalue weighted by molar-refractivity contribution is -0.119. The summed E-state index contributed by atoms with van der Waals surface area (Å²) in [6, 6.07) is 13.4. The first-order chi connectivity index (χ1) is 10.6. The minimum absolute atomic E-state index is 0.0134. The molecule has 2 aromatic rings. The Morgan fingerprint density at radius 2 is 1.86 bits per heavy atom. The summed E-state index contributed by atoms with van der Waals surface area (Å²) < 4.78 is 0. The van der Waals surface area contributed by atoms with Crippen molar-refractivity contribution < 1.29 is 15.0 Å². The lowest BCUT2D eigenvalue weighted by Gasteiger charge is -2.07. The number of amides is 1. The van der Waals surface area contributed by atoms with E-state index < -0.39 is 0 Å². The molecule has 0 aliphatic carbocycles. The Morgan fingerprint density at radius 1 is 1.14 bits per heavy atom. The second-order valence-corrected chi connectivity index (χ2v) is 4.65. The minimum atomic E-state index is -0.317. The molecule has 0 aromatic heterocycles. The van der Waals surface area contributed by atoms with Gasteiger partial charge in [0.2, 0.25) is 0 Å². The number of hydrazone groups is 1. The van der Waals surface area contributed by atoms with E-state index in [4.69, 9.17) is 0 Å². The topological polar surface area (TPSA) is 94.0 Å². The van der Waals surface area contributed by atoms with Gasteiger partial charge in [-0.1, -0.05) is 18.2 Å². The second-order valence-electron chi connectivity index (χ2n) is 4.65. The van der Waals surface area contributed by atoms with Crippen molar-refractivity contribution in [1.82, 2.24) is 5.43 Å². The Morgan fingerprint density at radius 3 is 2.59 bits per heavy atom. The number of hydrogen-bond donors (Lipinski definition) is 4. The van der Waals surface area contributed by atoms with Crippen molar-refractivity contribution in [1.29, 1.82) is 0 Å². The third-order valence-corrected chi connectivity index (χ3v) is 2.95. The molecular weight excluding hydrogens is 282 g/mol. The molecule has 0 saturated heterocycles. The van der Waals surface area contributed by atoms with Crippen molar-refractivity contribution in [3.8, 4) is 11.5 Å².